The van der Waals surface area contributed by atoms with Gasteiger partial charge < -0.3 is 10.2 Å². The summed E-state index contributed by atoms with van der Waals surface area (Å²) < 4.78 is 14.6. The minimum absolute atomic E-state index is 0.158. The van der Waals surface area contributed by atoms with Crippen molar-refractivity contribution in [1.82, 2.24) is 10.2 Å². The normalized spacial score (nSPS) is 11.7. The number of benzene rings is 3. The van der Waals surface area contributed by atoms with Gasteiger partial charge in [0.05, 0.1) is 11.3 Å². The maximum atomic E-state index is 14.6. The molecular formula is C27H28FN3O4. The number of hydrogen-bond donors (Lipinski definition) is 1. The average molecular weight is 478 g/mol. The quantitative estimate of drug-likeness (QED) is 0.345. The molecule has 0 fully saturated rings. The third-order valence-electron chi connectivity index (χ3n) is 5.53. The van der Waals surface area contributed by atoms with Crippen LogP contribution in [0.15, 0.2) is 78.9 Å². The molecule has 7 nitrogen and oxygen atoms in total. The van der Waals surface area contributed by atoms with Crippen LogP contribution in [0.3, 0.4) is 0 Å². The third kappa shape index (κ3) is 6.96. The molecule has 35 heavy (non-hydrogen) atoms. The lowest BCUT2D eigenvalue weighted by Gasteiger charge is -2.32. The molecule has 0 radical (unpaired) electrons. The molecule has 0 bridgehead atoms. The number of amides is 2. The van der Waals surface area contributed by atoms with E-state index in [0.29, 0.717) is 0 Å². The molecule has 2 amide bonds. The number of rotatable bonds is 10. The summed E-state index contributed by atoms with van der Waals surface area (Å²) in [6, 6.07) is 20.1. The van der Waals surface area contributed by atoms with Crippen molar-refractivity contribution in [3.8, 4) is 0 Å². The second kappa shape index (κ2) is 11.9. The predicted molar refractivity (Wildman–Crippen MR) is 131 cm³/mol. The van der Waals surface area contributed by atoms with Crippen molar-refractivity contribution in [2.75, 3.05) is 0 Å². The zero-order valence-corrected chi connectivity index (χ0v) is 19.7. The Kier molecular flexibility index (Phi) is 8.67. The highest BCUT2D eigenvalue weighted by Gasteiger charge is 2.32. The van der Waals surface area contributed by atoms with E-state index >= 15 is 0 Å². The molecule has 0 heterocycles. The van der Waals surface area contributed by atoms with Gasteiger partial charge in [0.15, 0.2) is 0 Å². The molecule has 0 aliphatic heterocycles. The summed E-state index contributed by atoms with van der Waals surface area (Å²) in [6.45, 7) is 3.47. The van der Waals surface area contributed by atoms with E-state index in [1.807, 2.05) is 44.2 Å². The molecule has 0 saturated carbocycles. The number of nitrogens with zero attached hydrogens (tertiary/aromatic N) is 2. The Balaban J connectivity index is 2.02. The Morgan fingerprint density at radius 1 is 0.943 bits per heavy atom. The monoisotopic (exact) mass is 477 g/mol. The first-order valence-electron chi connectivity index (χ1n) is 11.4. The minimum Gasteiger partial charge on any atom is -0.352 e. The van der Waals surface area contributed by atoms with Crippen molar-refractivity contribution < 1.29 is 18.9 Å². The standard InChI is InChI=1S/C27H28FN3O4/c1-19(2)29-27(33)25(16-20-10-4-3-5-11-20)30(18-22-13-6-8-14-23(22)28)26(32)17-21-12-7-9-15-24(21)31(34)35/h3-15,19,25H,16-18H2,1-2H3,(H,29,33). The van der Waals surface area contributed by atoms with Crippen molar-refractivity contribution in [3.05, 3.63) is 111 Å². The minimum atomic E-state index is -0.949. The fraction of sp³-hybridized carbons (Fsp3) is 0.259. The average Bonchev–Trinajstić information content (AvgIpc) is 2.82. The van der Waals surface area contributed by atoms with Gasteiger partial charge in [-0.1, -0.05) is 66.7 Å². The van der Waals surface area contributed by atoms with Gasteiger partial charge in [-0.2, -0.15) is 0 Å². The topological polar surface area (TPSA) is 92.6 Å². The maximum Gasteiger partial charge on any atom is 0.273 e. The Labute approximate surface area is 203 Å². The molecule has 0 aromatic heterocycles. The van der Waals surface area contributed by atoms with Crippen molar-refractivity contribution in [2.24, 2.45) is 0 Å². The first-order valence-corrected chi connectivity index (χ1v) is 11.4. The van der Waals surface area contributed by atoms with E-state index in [0.717, 1.165) is 5.56 Å². The van der Waals surface area contributed by atoms with Crippen LogP contribution in [0.5, 0.6) is 0 Å². The summed E-state index contributed by atoms with van der Waals surface area (Å²) in [4.78, 5) is 39.2. The highest BCUT2D eigenvalue weighted by atomic mass is 19.1. The van der Waals surface area contributed by atoms with Gasteiger partial charge in [0.1, 0.15) is 11.9 Å². The highest BCUT2D eigenvalue weighted by molar-refractivity contribution is 5.89. The smallest absolute Gasteiger partial charge is 0.273 e. The molecule has 3 aromatic rings. The maximum absolute atomic E-state index is 14.6. The van der Waals surface area contributed by atoms with Crippen molar-refractivity contribution in [3.63, 3.8) is 0 Å². The van der Waals surface area contributed by atoms with Gasteiger partial charge in [0.25, 0.3) is 5.69 Å². The lowest BCUT2D eigenvalue weighted by atomic mass is 10.0. The van der Waals surface area contributed by atoms with Crippen molar-refractivity contribution >= 4 is 17.5 Å². The van der Waals surface area contributed by atoms with Gasteiger partial charge in [0.2, 0.25) is 11.8 Å². The zero-order chi connectivity index (χ0) is 25.4. The Morgan fingerprint density at radius 3 is 2.17 bits per heavy atom. The zero-order valence-electron chi connectivity index (χ0n) is 19.7. The van der Waals surface area contributed by atoms with Gasteiger partial charge in [-0.05, 0) is 25.5 Å². The van der Waals surface area contributed by atoms with E-state index in [2.05, 4.69) is 5.32 Å². The van der Waals surface area contributed by atoms with Crippen molar-refractivity contribution in [1.29, 1.82) is 0 Å². The van der Waals surface area contributed by atoms with Crippen LogP contribution in [0.2, 0.25) is 0 Å². The van der Waals surface area contributed by atoms with Crippen LogP contribution in [0.1, 0.15) is 30.5 Å². The van der Waals surface area contributed by atoms with Gasteiger partial charge >= 0.3 is 0 Å². The number of hydrogen-bond acceptors (Lipinski definition) is 4. The number of nitro benzene ring substituents is 1. The Hall–Kier alpha value is -4.07. The Morgan fingerprint density at radius 2 is 1.54 bits per heavy atom. The van der Waals surface area contributed by atoms with E-state index in [9.17, 15) is 24.1 Å². The molecule has 1 unspecified atom stereocenters. The van der Waals surface area contributed by atoms with Crippen LogP contribution >= 0.6 is 0 Å². The first-order chi connectivity index (χ1) is 16.8. The van der Waals surface area contributed by atoms with Crippen LogP contribution in [-0.4, -0.2) is 33.7 Å². The van der Waals surface area contributed by atoms with E-state index in [1.165, 1.54) is 29.2 Å². The fourth-order valence-electron chi connectivity index (χ4n) is 3.85. The molecule has 3 rings (SSSR count). The number of halogens is 1. The van der Waals surface area contributed by atoms with Gasteiger partial charge in [-0.25, -0.2) is 4.39 Å². The summed E-state index contributed by atoms with van der Waals surface area (Å²) in [5.74, 6) is -1.39. The molecule has 8 heteroatoms. The Bertz CT molecular complexity index is 1180. The molecule has 1 N–H and O–H groups in total. The van der Waals surface area contributed by atoms with Crippen LogP contribution < -0.4 is 5.32 Å². The molecular weight excluding hydrogens is 449 g/mol. The van der Waals surface area contributed by atoms with Gasteiger partial charge in [0, 0.05) is 36.2 Å². The van der Waals surface area contributed by atoms with E-state index < -0.39 is 22.7 Å². The summed E-state index contributed by atoms with van der Waals surface area (Å²) in [7, 11) is 0. The van der Waals surface area contributed by atoms with E-state index in [1.54, 1.807) is 24.3 Å². The summed E-state index contributed by atoms with van der Waals surface area (Å²) in [6.07, 6.45) is -0.0949. The van der Waals surface area contributed by atoms with Gasteiger partial charge in [-0.3, -0.25) is 19.7 Å². The lowest BCUT2D eigenvalue weighted by Crippen LogP contribution is -2.52. The highest BCUT2D eigenvalue weighted by Crippen LogP contribution is 2.22. The second-order valence-electron chi connectivity index (χ2n) is 8.54. The van der Waals surface area contributed by atoms with Crippen LogP contribution in [0, 0.1) is 15.9 Å². The number of nitrogens with one attached hydrogen (secondary N) is 1. The number of nitro groups is 1. The first kappa shape index (κ1) is 25.6. The number of para-hydroxylation sites is 1. The van der Waals surface area contributed by atoms with Crippen LogP contribution in [-0.2, 0) is 29.0 Å². The largest absolute Gasteiger partial charge is 0.352 e. The summed E-state index contributed by atoms with van der Waals surface area (Å²) in [5, 5.41) is 14.3. The molecule has 3 aromatic carbocycles. The third-order valence-corrected chi connectivity index (χ3v) is 5.53. The predicted octanol–water partition coefficient (Wildman–Crippen LogP) is 4.44. The lowest BCUT2D eigenvalue weighted by molar-refractivity contribution is -0.385. The van der Waals surface area contributed by atoms with E-state index in [4.69, 9.17) is 0 Å². The van der Waals surface area contributed by atoms with Crippen LogP contribution in [0.4, 0.5) is 10.1 Å². The molecule has 0 spiro atoms. The number of carbonyl (C=O) groups is 2. The van der Waals surface area contributed by atoms with E-state index in [-0.39, 0.29) is 48.1 Å². The molecule has 0 aliphatic carbocycles. The fourth-order valence-corrected chi connectivity index (χ4v) is 3.85. The summed E-state index contributed by atoms with van der Waals surface area (Å²) >= 11 is 0. The van der Waals surface area contributed by atoms with Gasteiger partial charge in [-0.15, -0.1) is 0 Å². The molecule has 0 saturated heterocycles. The SMILES string of the molecule is CC(C)NC(=O)C(Cc1ccccc1)N(Cc1ccccc1F)C(=O)Cc1ccccc1[N+](=O)[O-]. The molecule has 182 valence electrons. The van der Waals surface area contributed by atoms with Crippen molar-refractivity contribution in [2.45, 2.75) is 45.3 Å². The number of carbonyl (C=O) groups excluding carboxylic acids is 2. The van der Waals surface area contributed by atoms with Crippen LogP contribution in [0.25, 0.3) is 0 Å². The summed E-state index contributed by atoms with van der Waals surface area (Å²) in [5.41, 5.74) is 1.12. The molecule has 1 atom stereocenters. The molecule has 0 aliphatic rings. The second-order valence-corrected chi connectivity index (χ2v) is 8.54.